The summed E-state index contributed by atoms with van der Waals surface area (Å²) in [6, 6.07) is 9.98. The van der Waals surface area contributed by atoms with E-state index in [9.17, 15) is 0 Å². The van der Waals surface area contributed by atoms with Crippen molar-refractivity contribution in [1.29, 1.82) is 0 Å². The van der Waals surface area contributed by atoms with Gasteiger partial charge in [-0.1, -0.05) is 0 Å². The van der Waals surface area contributed by atoms with Gasteiger partial charge in [-0.05, 0) is 30.3 Å². The van der Waals surface area contributed by atoms with Crippen molar-refractivity contribution in [3.8, 4) is 28.7 Å². The topological polar surface area (TPSA) is 107 Å². The second-order valence-electron chi connectivity index (χ2n) is 7.47. The highest BCUT2D eigenvalue weighted by Crippen LogP contribution is 2.42. The Morgan fingerprint density at radius 2 is 1.00 bits per heavy atom. The van der Waals surface area contributed by atoms with E-state index in [4.69, 9.17) is 36.7 Å². The summed E-state index contributed by atoms with van der Waals surface area (Å²) >= 11 is 0. The largest absolute Gasteiger partial charge is 0.748 e. The predicted octanol–water partition coefficient (Wildman–Crippen LogP) is 3.18. The maximum atomic E-state index is 9.08. The van der Waals surface area contributed by atoms with Gasteiger partial charge in [0, 0.05) is 17.0 Å². The Morgan fingerprint density at radius 1 is 0.647 bits per heavy atom. The number of hydrogen-bond acceptors (Lipinski definition) is 8. The van der Waals surface area contributed by atoms with Crippen LogP contribution in [0.3, 0.4) is 0 Å². The zero-order valence-corrected chi connectivity index (χ0v) is 20.9. The van der Waals surface area contributed by atoms with Crippen LogP contribution in [0.5, 0.6) is 28.7 Å². The number of rotatable bonds is 5. The van der Waals surface area contributed by atoms with Crippen molar-refractivity contribution in [1.82, 2.24) is 0 Å². The fourth-order valence-electron chi connectivity index (χ4n) is 3.96. The minimum absolute atomic E-state index is 0.604. The monoisotopic (exact) mass is 489 g/mol. The standard InChI is InChI=1S/C23H24NO5.CH4O3S/c1-24-12-13-7-19(26-3)20(27-4)8-14(13)16-10-18(25-2)15-9-21(28-5)22(29-6)11-17(15)23(16)24;1-5(2,3)4/h7-12H,1-6H3;1H3,(H,2,3,4)/q+1;/p-1. The minimum atomic E-state index is -3.92. The predicted molar refractivity (Wildman–Crippen MR) is 129 cm³/mol. The van der Waals surface area contributed by atoms with Crippen molar-refractivity contribution in [3.05, 3.63) is 36.5 Å². The summed E-state index contributed by atoms with van der Waals surface area (Å²) < 4.78 is 57.1. The fourth-order valence-corrected chi connectivity index (χ4v) is 3.96. The number of hydrogen-bond donors (Lipinski definition) is 0. The second-order valence-corrected chi connectivity index (χ2v) is 8.87. The molecule has 0 fully saturated rings. The van der Waals surface area contributed by atoms with Gasteiger partial charge in [0.05, 0.1) is 61.8 Å². The van der Waals surface area contributed by atoms with Gasteiger partial charge in [-0.2, -0.15) is 4.57 Å². The molecule has 4 rings (SSSR count). The van der Waals surface area contributed by atoms with Gasteiger partial charge < -0.3 is 28.2 Å². The molecule has 0 aliphatic carbocycles. The molecule has 0 bridgehead atoms. The average molecular weight is 490 g/mol. The number of nitrogens with zero attached hydrogens (tertiary/aromatic N) is 1. The van der Waals surface area contributed by atoms with Crippen LogP contribution in [0.15, 0.2) is 36.5 Å². The molecule has 0 amide bonds. The number of aromatic nitrogens is 1. The molecule has 0 aliphatic heterocycles. The van der Waals surface area contributed by atoms with E-state index < -0.39 is 10.1 Å². The lowest BCUT2D eigenvalue weighted by molar-refractivity contribution is -0.642. The zero-order chi connectivity index (χ0) is 25.2. The number of aryl methyl sites for hydroxylation is 1. The molecular weight excluding hydrogens is 462 g/mol. The molecule has 9 nitrogen and oxygen atoms in total. The summed E-state index contributed by atoms with van der Waals surface area (Å²) in [5, 5.41) is 5.09. The number of benzene rings is 3. The zero-order valence-electron chi connectivity index (χ0n) is 20.1. The van der Waals surface area contributed by atoms with Gasteiger partial charge in [-0.3, -0.25) is 0 Å². The first-order valence-corrected chi connectivity index (χ1v) is 11.9. The molecule has 0 saturated carbocycles. The number of ether oxygens (including phenoxy) is 5. The second kappa shape index (κ2) is 9.78. The van der Waals surface area contributed by atoms with Crippen molar-refractivity contribution in [2.45, 2.75) is 0 Å². The molecule has 1 aromatic heterocycles. The van der Waals surface area contributed by atoms with Crippen LogP contribution >= 0.6 is 0 Å². The Morgan fingerprint density at radius 3 is 1.47 bits per heavy atom. The van der Waals surface area contributed by atoms with Crippen LogP contribution in [0.2, 0.25) is 0 Å². The van der Waals surface area contributed by atoms with E-state index in [2.05, 4.69) is 16.8 Å². The van der Waals surface area contributed by atoms with Crippen LogP contribution in [0, 0.1) is 0 Å². The molecule has 3 aromatic carbocycles. The summed E-state index contributed by atoms with van der Waals surface area (Å²) in [6.45, 7) is 0. The van der Waals surface area contributed by atoms with Gasteiger partial charge in [0.15, 0.2) is 29.2 Å². The molecule has 1 heterocycles. The Bertz CT molecular complexity index is 1470. The highest BCUT2D eigenvalue weighted by molar-refractivity contribution is 7.84. The molecule has 10 heteroatoms. The maximum Gasteiger partial charge on any atom is 0.221 e. The van der Waals surface area contributed by atoms with Crippen molar-refractivity contribution in [2.75, 3.05) is 41.8 Å². The van der Waals surface area contributed by atoms with Gasteiger partial charge >= 0.3 is 0 Å². The quantitative estimate of drug-likeness (QED) is 0.239. The van der Waals surface area contributed by atoms with E-state index >= 15 is 0 Å². The molecule has 0 unspecified atom stereocenters. The van der Waals surface area contributed by atoms with Crippen molar-refractivity contribution in [3.63, 3.8) is 0 Å². The Kier molecular flexibility index (Phi) is 7.23. The molecule has 182 valence electrons. The first-order valence-electron chi connectivity index (χ1n) is 10.1. The van der Waals surface area contributed by atoms with Gasteiger partial charge in [-0.25, -0.2) is 8.42 Å². The van der Waals surface area contributed by atoms with E-state index in [0.717, 1.165) is 38.2 Å². The van der Waals surface area contributed by atoms with Gasteiger partial charge in [-0.15, -0.1) is 0 Å². The van der Waals surface area contributed by atoms with E-state index in [1.54, 1.807) is 35.5 Å². The molecule has 0 spiro atoms. The Hall–Kier alpha value is -3.50. The van der Waals surface area contributed by atoms with Crippen LogP contribution in [-0.4, -0.2) is 54.8 Å². The Labute approximate surface area is 198 Å². The molecule has 0 radical (unpaired) electrons. The third-order valence-corrected chi connectivity index (χ3v) is 5.33. The summed E-state index contributed by atoms with van der Waals surface area (Å²) in [5.74, 6) is 3.46. The van der Waals surface area contributed by atoms with Crippen LogP contribution in [0.25, 0.3) is 32.4 Å². The maximum absolute atomic E-state index is 9.08. The van der Waals surface area contributed by atoms with Crippen LogP contribution < -0.4 is 28.3 Å². The van der Waals surface area contributed by atoms with E-state index in [0.29, 0.717) is 29.3 Å². The molecular formula is C24H27NO8S. The first kappa shape index (κ1) is 25.1. The lowest BCUT2D eigenvalue weighted by Crippen LogP contribution is -2.28. The van der Waals surface area contributed by atoms with E-state index in [-0.39, 0.29) is 0 Å². The summed E-state index contributed by atoms with van der Waals surface area (Å²) in [7, 11) is 6.33. The number of fused-ring (bicyclic) bond motifs is 5. The number of methoxy groups -OCH3 is 5. The summed E-state index contributed by atoms with van der Waals surface area (Å²) in [5.41, 5.74) is 1.06. The van der Waals surface area contributed by atoms with Crippen LogP contribution in [0.1, 0.15) is 0 Å². The minimum Gasteiger partial charge on any atom is -0.748 e. The van der Waals surface area contributed by atoms with Crippen molar-refractivity contribution < 1.29 is 41.2 Å². The number of pyridine rings is 1. The third kappa shape index (κ3) is 4.87. The molecule has 0 saturated heterocycles. The van der Waals surface area contributed by atoms with Gasteiger partial charge in [0.2, 0.25) is 5.52 Å². The van der Waals surface area contributed by atoms with Gasteiger partial charge in [0.1, 0.15) is 12.8 Å². The molecule has 0 N–H and O–H groups in total. The Balaban J connectivity index is 0.000000588. The van der Waals surface area contributed by atoms with Crippen LogP contribution in [0.4, 0.5) is 0 Å². The summed E-state index contributed by atoms with van der Waals surface area (Å²) in [6.07, 6.45) is 2.69. The van der Waals surface area contributed by atoms with Crippen molar-refractivity contribution in [2.24, 2.45) is 7.05 Å². The lowest BCUT2D eigenvalue weighted by atomic mass is 9.99. The van der Waals surface area contributed by atoms with Crippen molar-refractivity contribution >= 4 is 42.6 Å². The molecule has 0 aliphatic rings. The highest BCUT2D eigenvalue weighted by Gasteiger charge is 2.21. The molecule has 34 heavy (non-hydrogen) atoms. The lowest BCUT2D eigenvalue weighted by Gasteiger charge is -2.14. The SMILES string of the molecule is COc1cc2c[n+](C)c3c4cc(OC)c(OC)cc4c(OC)cc3c2cc1OC.CS(=O)(=O)[O-]. The fraction of sp³-hybridized carbons (Fsp3) is 0.292. The van der Waals surface area contributed by atoms with E-state index in [1.807, 2.05) is 31.3 Å². The van der Waals surface area contributed by atoms with E-state index in [1.165, 1.54) is 0 Å². The highest BCUT2D eigenvalue weighted by atomic mass is 32.2. The smallest absolute Gasteiger partial charge is 0.221 e. The van der Waals surface area contributed by atoms with Gasteiger partial charge in [0.25, 0.3) is 0 Å². The third-order valence-electron chi connectivity index (χ3n) is 5.33. The normalized spacial score (nSPS) is 11.2. The average Bonchev–Trinajstić information content (AvgIpc) is 2.80. The first-order chi connectivity index (χ1) is 16.1. The summed E-state index contributed by atoms with van der Waals surface area (Å²) in [4.78, 5) is 0. The molecule has 0 atom stereocenters. The van der Waals surface area contributed by atoms with Crippen LogP contribution in [-0.2, 0) is 17.2 Å². The molecule has 4 aromatic rings.